The van der Waals surface area contributed by atoms with Gasteiger partial charge in [0.15, 0.2) is 0 Å². The van der Waals surface area contributed by atoms with Crippen LogP contribution in [0.25, 0.3) is 0 Å². The average molecular weight is 481 g/mol. The lowest BCUT2D eigenvalue weighted by molar-refractivity contribution is -0.295. The molecule has 8 atom stereocenters. The Morgan fingerprint density at radius 2 is 1.56 bits per heavy atom. The lowest BCUT2D eigenvalue weighted by atomic mass is 9.48. The van der Waals surface area contributed by atoms with Gasteiger partial charge >= 0.3 is 23.9 Å². The minimum absolute atomic E-state index is 0.00632. The fourth-order valence-corrected chi connectivity index (χ4v) is 5.89. The number of hydrogen-bond donors (Lipinski definition) is 1. The minimum atomic E-state index is -1.36. The second kappa shape index (κ2) is 8.98. The molecule has 9 heteroatoms. The highest BCUT2D eigenvalue weighted by Gasteiger charge is 2.72. The van der Waals surface area contributed by atoms with E-state index in [1.165, 1.54) is 6.92 Å². The lowest BCUT2D eigenvalue weighted by Crippen LogP contribution is -2.75. The summed E-state index contributed by atoms with van der Waals surface area (Å²) < 4.78 is 23.3. The Balaban J connectivity index is 2.24. The lowest BCUT2D eigenvalue weighted by Gasteiger charge is -2.64. The summed E-state index contributed by atoms with van der Waals surface area (Å²) in [5.74, 6) is -4.96. The molecule has 0 aromatic carbocycles. The number of ether oxygens (including phenoxy) is 4. The van der Waals surface area contributed by atoms with Crippen molar-refractivity contribution in [3.8, 4) is 0 Å². The fraction of sp³-hybridized carbons (Fsp3) is 0.760. The monoisotopic (exact) mass is 480 g/mol. The summed E-state index contributed by atoms with van der Waals surface area (Å²) >= 11 is 0. The maximum atomic E-state index is 12.9. The normalized spacial score (nSPS) is 39.2. The summed E-state index contributed by atoms with van der Waals surface area (Å²) in [6, 6.07) is 0. The zero-order chi connectivity index (χ0) is 25.7. The average Bonchev–Trinajstić information content (AvgIpc) is 2.70. The molecular weight excluding hydrogens is 444 g/mol. The molecule has 34 heavy (non-hydrogen) atoms. The first kappa shape index (κ1) is 26.2. The van der Waals surface area contributed by atoms with Crippen molar-refractivity contribution in [2.45, 2.75) is 91.3 Å². The topological polar surface area (TPSA) is 125 Å². The summed E-state index contributed by atoms with van der Waals surface area (Å²) in [5.41, 5.74) is -2.57. The van der Waals surface area contributed by atoms with Gasteiger partial charge in [-0.2, -0.15) is 0 Å². The molecule has 3 fully saturated rings. The van der Waals surface area contributed by atoms with Gasteiger partial charge in [0.2, 0.25) is 0 Å². The quantitative estimate of drug-likeness (QED) is 0.358. The number of carbonyl (C=O) groups is 4. The molecule has 0 aromatic rings. The number of rotatable bonds is 5. The molecular formula is C25H36O9. The maximum Gasteiger partial charge on any atom is 0.334 e. The molecule has 190 valence electrons. The first-order chi connectivity index (χ1) is 15.6. The predicted molar refractivity (Wildman–Crippen MR) is 119 cm³/mol. The van der Waals surface area contributed by atoms with E-state index in [2.05, 4.69) is 6.58 Å². The van der Waals surface area contributed by atoms with Crippen molar-refractivity contribution in [2.75, 3.05) is 0 Å². The van der Waals surface area contributed by atoms with Crippen molar-refractivity contribution in [3.63, 3.8) is 0 Å². The molecule has 0 unspecified atom stereocenters. The second-order valence-electron chi connectivity index (χ2n) is 10.8. The van der Waals surface area contributed by atoms with E-state index in [0.29, 0.717) is 0 Å². The van der Waals surface area contributed by atoms with Crippen LogP contribution in [-0.4, -0.2) is 59.0 Å². The van der Waals surface area contributed by atoms with Crippen molar-refractivity contribution in [3.05, 3.63) is 12.2 Å². The van der Waals surface area contributed by atoms with Gasteiger partial charge in [0.25, 0.3) is 0 Å². The number of carbonyl (C=O) groups excluding carboxylic acids is 4. The third-order valence-corrected chi connectivity index (χ3v) is 7.55. The van der Waals surface area contributed by atoms with E-state index < -0.39 is 83.0 Å². The Bertz CT molecular complexity index is 889. The van der Waals surface area contributed by atoms with E-state index in [4.69, 9.17) is 18.9 Å². The Morgan fingerprint density at radius 1 is 1.03 bits per heavy atom. The molecule has 9 nitrogen and oxygen atoms in total. The summed E-state index contributed by atoms with van der Waals surface area (Å²) in [6.07, 6.45) is -3.37. The molecule has 3 rings (SSSR count). The molecule has 1 heterocycles. The van der Waals surface area contributed by atoms with Gasteiger partial charge in [-0.3, -0.25) is 14.4 Å². The minimum Gasteiger partial charge on any atom is -0.462 e. The number of hydrogen-bond acceptors (Lipinski definition) is 9. The number of fused-ring (bicyclic) bond motifs is 4. The van der Waals surface area contributed by atoms with Crippen LogP contribution in [0, 0.1) is 29.1 Å². The highest BCUT2D eigenvalue weighted by Crippen LogP contribution is 2.61. The van der Waals surface area contributed by atoms with E-state index in [0.717, 1.165) is 0 Å². The van der Waals surface area contributed by atoms with Gasteiger partial charge in [-0.15, -0.1) is 0 Å². The van der Waals surface area contributed by atoms with Crippen LogP contribution in [0.4, 0.5) is 0 Å². The van der Waals surface area contributed by atoms with Gasteiger partial charge < -0.3 is 24.1 Å². The van der Waals surface area contributed by atoms with Gasteiger partial charge in [-0.25, -0.2) is 4.79 Å². The van der Waals surface area contributed by atoms with E-state index in [1.807, 2.05) is 0 Å². The van der Waals surface area contributed by atoms with Crippen LogP contribution in [0.1, 0.15) is 61.3 Å². The number of aliphatic hydroxyl groups is 1. The van der Waals surface area contributed by atoms with Crippen LogP contribution in [0.3, 0.4) is 0 Å². The molecule has 0 radical (unpaired) electrons. The van der Waals surface area contributed by atoms with Crippen LogP contribution >= 0.6 is 0 Å². The Labute approximate surface area is 200 Å². The first-order valence-electron chi connectivity index (χ1n) is 11.8. The smallest absolute Gasteiger partial charge is 0.334 e. The maximum absolute atomic E-state index is 12.9. The standard InChI is InChI=1S/C25H36O9/c1-11(2)21(27)32-17-16-13(5)23(29)34-20(18(16)33-22(28)12(3)4)25(8)15(31-14(6)26)9-10-24(7,30)19(17)25/h11-12,15-20,30H,5,9-10H2,1-4,6-8H3/t15-,16-,17-,18-,19+,20-,24-,25+/m0/s1. The van der Waals surface area contributed by atoms with Crippen molar-refractivity contribution < 1.29 is 43.2 Å². The van der Waals surface area contributed by atoms with Gasteiger partial charge in [0, 0.05) is 18.4 Å². The number of esters is 4. The van der Waals surface area contributed by atoms with Crippen LogP contribution in [-0.2, 0) is 38.1 Å². The Morgan fingerprint density at radius 3 is 2.06 bits per heavy atom. The zero-order valence-corrected chi connectivity index (χ0v) is 21.0. The molecule has 2 bridgehead atoms. The summed E-state index contributed by atoms with van der Waals surface area (Å²) in [5, 5.41) is 11.6. The molecule has 1 saturated heterocycles. The van der Waals surface area contributed by atoms with Crippen LogP contribution < -0.4 is 0 Å². The van der Waals surface area contributed by atoms with Gasteiger partial charge in [0.1, 0.15) is 24.4 Å². The van der Waals surface area contributed by atoms with Gasteiger partial charge in [-0.05, 0) is 19.8 Å². The predicted octanol–water partition coefficient (Wildman–Crippen LogP) is 2.33. The summed E-state index contributed by atoms with van der Waals surface area (Å²) in [6.45, 7) is 15.2. The molecule has 1 aliphatic heterocycles. The zero-order valence-electron chi connectivity index (χ0n) is 21.0. The molecule has 3 aliphatic rings. The van der Waals surface area contributed by atoms with Crippen LogP contribution in [0.15, 0.2) is 12.2 Å². The molecule has 0 aromatic heterocycles. The van der Waals surface area contributed by atoms with E-state index >= 15 is 0 Å². The van der Waals surface area contributed by atoms with E-state index in [-0.39, 0.29) is 18.4 Å². The van der Waals surface area contributed by atoms with E-state index in [1.54, 1.807) is 41.5 Å². The SMILES string of the molecule is C=C1C(=O)O[C@H]2[C@@H](OC(=O)C(C)C)[C@@H]1[C@H](OC(=O)C(C)C)[C@H]1[C@@]2(C)[C@@H](OC(C)=O)CC[C@]1(C)O. The van der Waals surface area contributed by atoms with Crippen molar-refractivity contribution in [1.82, 2.24) is 0 Å². The molecule has 2 saturated carbocycles. The van der Waals surface area contributed by atoms with Crippen LogP contribution in [0.2, 0.25) is 0 Å². The van der Waals surface area contributed by atoms with Crippen molar-refractivity contribution in [1.29, 1.82) is 0 Å². The molecule has 1 N–H and O–H groups in total. The summed E-state index contributed by atoms with van der Waals surface area (Å²) in [4.78, 5) is 50.4. The first-order valence-corrected chi connectivity index (χ1v) is 11.8. The third kappa shape index (κ3) is 4.23. The highest BCUT2D eigenvalue weighted by atomic mass is 16.6. The van der Waals surface area contributed by atoms with Crippen LogP contribution in [0.5, 0.6) is 0 Å². The van der Waals surface area contributed by atoms with Gasteiger partial charge in [-0.1, -0.05) is 41.2 Å². The molecule has 2 aliphatic carbocycles. The highest BCUT2D eigenvalue weighted by molar-refractivity contribution is 5.90. The Hall–Kier alpha value is -2.42. The third-order valence-electron chi connectivity index (χ3n) is 7.55. The Kier molecular flexibility index (Phi) is 6.92. The van der Waals surface area contributed by atoms with Crippen molar-refractivity contribution in [2.24, 2.45) is 29.1 Å². The van der Waals surface area contributed by atoms with E-state index in [9.17, 15) is 24.3 Å². The second-order valence-corrected chi connectivity index (χ2v) is 10.8. The summed E-state index contributed by atoms with van der Waals surface area (Å²) in [7, 11) is 0. The molecule has 0 spiro atoms. The molecule has 0 amide bonds. The fourth-order valence-electron chi connectivity index (χ4n) is 5.89. The van der Waals surface area contributed by atoms with Crippen molar-refractivity contribution >= 4 is 23.9 Å². The van der Waals surface area contributed by atoms with Gasteiger partial charge in [0.05, 0.1) is 28.8 Å². The largest absolute Gasteiger partial charge is 0.462 e.